The minimum Gasteiger partial charge on any atom is -0.493 e. The van der Waals surface area contributed by atoms with Crippen LogP contribution in [0.15, 0.2) is 18.2 Å². The SMILES string of the molecule is COc1cc(C#N)ccc1OCC(=O)N1[C@@H]2CCCC[C@@H]2C[C@H]1C(=O)O. The van der Waals surface area contributed by atoms with Crippen LogP contribution in [0, 0.1) is 17.2 Å². The van der Waals surface area contributed by atoms with Crippen LogP contribution in [0.25, 0.3) is 0 Å². The zero-order valence-electron chi connectivity index (χ0n) is 14.7. The number of benzene rings is 1. The molecule has 2 fully saturated rings. The molecule has 3 rings (SSSR count). The highest BCUT2D eigenvalue weighted by molar-refractivity contribution is 5.85. The number of fused-ring (bicyclic) bond motifs is 1. The van der Waals surface area contributed by atoms with Gasteiger partial charge in [-0.15, -0.1) is 0 Å². The van der Waals surface area contributed by atoms with Gasteiger partial charge in [-0.05, 0) is 37.3 Å². The Labute approximate surface area is 152 Å². The molecule has 1 aromatic carbocycles. The van der Waals surface area contributed by atoms with E-state index in [1.807, 2.05) is 6.07 Å². The fraction of sp³-hybridized carbons (Fsp3) is 0.526. The van der Waals surface area contributed by atoms with Crippen LogP contribution in [-0.2, 0) is 9.59 Å². The van der Waals surface area contributed by atoms with Crippen molar-refractivity contribution in [2.75, 3.05) is 13.7 Å². The molecule has 1 aliphatic heterocycles. The van der Waals surface area contributed by atoms with Gasteiger partial charge in [0.05, 0.1) is 18.7 Å². The van der Waals surface area contributed by atoms with Crippen molar-refractivity contribution in [3.05, 3.63) is 23.8 Å². The quantitative estimate of drug-likeness (QED) is 0.866. The van der Waals surface area contributed by atoms with Gasteiger partial charge in [0, 0.05) is 12.1 Å². The predicted molar refractivity (Wildman–Crippen MR) is 91.8 cm³/mol. The van der Waals surface area contributed by atoms with E-state index in [0.29, 0.717) is 23.5 Å². The molecule has 0 radical (unpaired) electrons. The van der Waals surface area contributed by atoms with E-state index in [1.54, 1.807) is 12.1 Å². The van der Waals surface area contributed by atoms with Gasteiger partial charge in [0.15, 0.2) is 18.1 Å². The van der Waals surface area contributed by atoms with Crippen molar-refractivity contribution < 1.29 is 24.2 Å². The summed E-state index contributed by atoms with van der Waals surface area (Å²) in [6.07, 6.45) is 4.45. The lowest BCUT2D eigenvalue weighted by molar-refractivity contribution is -0.150. The van der Waals surface area contributed by atoms with Crippen molar-refractivity contribution in [1.29, 1.82) is 5.26 Å². The van der Waals surface area contributed by atoms with Crippen molar-refractivity contribution in [1.82, 2.24) is 4.90 Å². The molecule has 0 bridgehead atoms. The summed E-state index contributed by atoms with van der Waals surface area (Å²) in [7, 11) is 1.46. The van der Waals surface area contributed by atoms with E-state index in [9.17, 15) is 14.7 Å². The van der Waals surface area contributed by atoms with E-state index in [-0.39, 0.29) is 24.5 Å². The maximum atomic E-state index is 12.8. The van der Waals surface area contributed by atoms with Gasteiger partial charge in [0.2, 0.25) is 0 Å². The second kappa shape index (κ2) is 7.65. The Balaban J connectivity index is 1.72. The number of methoxy groups -OCH3 is 1. The van der Waals surface area contributed by atoms with E-state index in [4.69, 9.17) is 14.7 Å². The van der Waals surface area contributed by atoms with E-state index in [2.05, 4.69) is 0 Å². The molecular formula is C19H22N2O5. The minimum absolute atomic E-state index is 0.0104. The van der Waals surface area contributed by atoms with Crippen molar-refractivity contribution in [2.45, 2.75) is 44.2 Å². The number of hydrogen-bond acceptors (Lipinski definition) is 5. The molecule has 1 heterocycles. The third kappa shape index (κ3) is 3.45. The van der Waals surface area contributed by atoms with Gasteiger partial charge < -0.3 is 19.5 Å². The number of ether oxygens (including phenoxy) is 2. The van der Waals surface area contributed by atoms with Gasteiger partial charge in [-0.25, -0.2) is 4.79 Å². The number of amides is 1. The third-order valence-corrected chi connectivity index (χ3v) is 5.30. The molecular weight excluding hydrogens is 336 g/mol. The van der Waals surface area contributed by atoms with Gasteiger partial charge in [-0.1, -0.05) is 12.8 Å². The number of nitriles is 1. The van der Waals surface area contributed by atoms with E-state index < -0.39 is 12.0 Å². The van der Waals surface area contributed by atoms with Crippen LogP contribution in [0.3, 0.4) is 0 Å². The summed E-state index contributed by atoms with van der Waals surface area (Å²) < 4.78 is 10.8. The van der Waals surface area contributed by atoms with Gasteiger partial charge in [-0.2, -0.15) is 5.26 Å². The van der Waals surface area contributed by atoms with Gasteiger partial charge in [0.1, 0.15) is 6.04 Å². The lowest BCUT2D eigenvalue weighted by Gasteiger charge is -2.32. The van der Waals surface area contributed by atoms with Gasteiger partial charge in [-0.3, -0.25) is 4.79 Å². The van der Waals surface area contributed by atoms with E-state index in [0.717, 1.165) is 25.7 Å². The lowest BCUT2D eigenvalue weighted by Crippen LogP contribution is -2.48. The van der Waals surface area contributed by atoms with Crippen LogP contribution >= 0.6 is 0 Å². The Morgan fingerprint density at radius 3 is 2.77 bits per heavy atom. The Bertz CT molecular complexity index is 742. The number of carbonyl (C=O) groups excluding carboxylic acids is 1. The van der Waals surface area contributed by atoms with Crippen molar-refractivity contribution in [3.8, 4) is 17.6 Å². The molecule has 7 heteroatoms. The normalized spacial score (nSPS) is 24.5. The summed E-state index contributed by atoms with van der Waals surface area (Å²) in [4.78, 5) is 25.9. The van der Waals surface area contributed by atoms with Crippen LogP contribution in [0.2, 0.25) is 0 Å². The first-order chi connectivity index (χ1) is 12.5. The summed E-state index contributed by atoms with van der Waals surface area (Å²) >= 11 is 0. The summed E-state index contributed by atoms with van der Waals surface area (Å²) in [5.41, 5.74) is 0.427. The fourth-order valence-electron chi connectivity index (χ4n) is 4.11. The second-order valence-electron chi connectivity index (χ2n) is 6.77. The number of likely N-dealkylation sites (tertiary alicyclic amines) is 1. The lowest BCUT2D eigenvalue weighted by atomic mass is 9.85. The Kier molecular flexibility index (Phi) is 5.31. The minimum atomic E-state index is -0.955. The maximum absolute atomic E-state index is 12.8. The van der Waals surface area contributed by atoms with Crippen LogP contribution in [0.1, 0.15) is 37.7 Å². The molecule has 26 heavy (non-hydrogen) atoms. The van der Waals surface area contributed by atoms with Crippen LogP contribution in [-0.4, -0.2) is 47.7 Å². The molecule has 1 saturated carbocycles. The van der Waals surface area contributed by atoms with Crippen molar-refractivity contribution >= 4 is 11.9 Å². The monoisotopic (exact) mass is 358 g/mol. The number of nitrogens with zero attached hydrogens (tertiary/aromatic N) is 2. The molecule has 0 aromatic heterocycles. The molecule has 1 N–H and O–H groups in total. The highest BCUT2D eigenvalue weighted by Gasteiger charge is 2.47. The number of hydrogen-bond donors (Lipinski definition) is 1. The molecule has 2 aliphatic rings. The van der Waals surface area contributed by atoms with E-state index in [1.165, 1.54) is 18.1 Å². The predicted octanol–water partition coefficient (Wildman–Crippen LogP) is 2.19. The van der Waals surface area contributed by atoms with Crippen LogP contribution in [0.5, 0.6) is 11.5 Å². The summed E-state index contributed by atoms with van der Waals surface area (Å²) in [5.74, 6) is -0.296. The summed E-state index contributed by atoms with van der Waals surface area (Å²) in [6, 6.07) is 5.92. The number of rotatable bonds is 5. The van der Waals surface area contributed by atoms with Crippen molar-refractivity contribution in [3.63, 3.8) is 0 Å². The highest BCUT2D eigenvalue weighted by atomic mass is 16.5. The Hall–Kier alpha value is -2.75. The zero-order valence-corrected chi connectivity index (χ0v) is 14.7. The average Bonchev–Trinajstić information content (AvgIpc) is 3.06. The first kappa shape index (κ1) is 18.1. The molecule has 3 atom stereocenters. The first-order valence-electron chi connectivity index (χ1n) is 8.80. The molecule has 7 nitrogen and oxygen atoms in total. The Morgan fingerprint density at radius 1 is 1.31 bits per heavy atom. The smallest absolute Gasteiger partial charge is 0.326 e. The van der Waals surface area contributed by atoms with E-state index >= 15 is 0 Å². The van der Waals surface area contributed by atoms with Gasteiger partial charge >= 0.3 is 5.97 Å². The molecule has 0 spiro atoms. The number of aliphatic carboxylic acids is 1. The fourth-order valence-corrected chi connectivity index (χ4v) is 4.11. The summed E-state index contributed by atoms with van der Waals surface area (Å²) in [6.45, 7) is -0.255. The first-order valence-corrected chi connectivity index (χ1v) is 8.80. The Morgan fingerprint density at radius 2 is 2.08 bits per heavy atom. The van der Waals surface area contributed by atoms with Crippen LogP contribution in [0.4, 0.5) is 0 Å². The summed E-state index contributed by atoms with van der Waals surface area (Å²) in [5, 5.41) is 18.5. The molecule has 0 unspecified atom stereocenters. The third-order valence-electron chi connectivity index (χ3n) is 5.30. The molecule has 138 valence electrons. The molecule has 1 aliphatic carbocycles. The zero-order chi connectivity index (χ0) is 18.7. The number of carbonyl (C=O) groups is 2. The standard InChI is InChI=1S/C19H22N2O5/c1-25-17-8-12(10-20)6-7-16(17)26-11-18(22)21-14-5-3-2-4-13(14)9-15(21)19(23)24/h6-8,13-15H,2-5,9,11H2,1H3,(H,23,24)/t13-,14-,15+/m1/s1. The topological polar surface area (TPSA) is 99.9 Å². The largest absolute Gasteiger partial charge is 0.493 e. The number of carboxylic acids is 1. The molecule has 1 amide bonds. The number of carboxylic acid groups (broad SMARTS) is 1. The van der Waals surface area contributed by atoms with Crippen molar-refractivity contribution in [2.24, 2.45) is 5.92 Å². The van der Waals surface area contributed by atoms with Crippen LogP contribution < -0.4 is 9.47 Å². The highest BCUT2D eigenvalue weighted by Crippen LogP contribution is 2.40. The second-order valence-corrected chi connectivity index (χ2v) is 6.77. The average molecular weight is 358 g/mol. The molecule has 1 aromatic rings. The van der Waals surface area contributed by atoms with Gasteiger partial charge in [0.25, 0.3) is 5.91 Å². The molecule has 1 saturated heterocycles. The maximum Gasteiger partial charge on any atom is 0.326 e.